The smallest absolute Gasteiger partial charge is 0.229 e. The maximum atomic E-state index is 11.9. The molecule has 2 amide bonds. The first kappa shape index (κ1) is 11.6. The van der Waals surface area contributed by atoms with Crippen molar-refractivity contribution in [2.75, 3.05) is 13.1 Å². The number of nitrogens with one attached hydrogen (secondary N) is 1. The Bertz CT molecular complexity index is 285. The molecule has 0 bridgehead atoms. The van der Waals surface area contributed by atoms with Gasteiger partial charge in [0.05, 0.1) is 6.04 Å². The summed E-state index contributed by atoms with van der Waals surface area (Å²) in [7, 11) is 0. The van der Waals surface area contributed by atoms with Gasteiger partial charge in [-0.3, -0.25) is 14.5 Å². The molecule has 2 unspecified atom stereocenters. The molecule has 0 spiro atoms. The average molecular weight is 224 g/mol. The maximum Gasteiger partial charge on any atom is 0.229 e. The highest BCUT2D eigenvalue weighted by Gasteiger charge is 2.38. The molecule has 0 radical (unpaired) electrons. The van der Waals surface area contributed by atoms with Gasteiger partial charge < -0.3 is 5.32 Å². The molecule has 90 valence electrons. The molecule has 0 aliphatic carbocycles. The Morgan fingerprint density at radius 1 is 1.19 bits per heavy atom. The van der Waals surface area contributed by atoms with Crippen molar-refractivity contribution in [2.45, 2.75) is 39.2 Å². The van der Waals surface area contributed by atoms with Gasteiger partial charge in [0.2, 0.25) is 11.8 Å². The lowest BCUT2D eigenvalue weighted by Gasteiger charge is -2.40. The fourth-order valence-electron chi connectivity index (χ4n) is 2.69. The highest BCUT2D eigenvalue weighted by atomic mass is 16.2. The summed E-state index contributed by atoms with van der Waals surface area (Å²) in [5.74, 6) is 0.666. The molecule has 0 aromatic heterocycles. The maximum absolute atomic E-state index is 11.9. The van der Waals surface area contributed by atoms with Crippen molar-refractivity contribution in [3.63, 3.8) is 0 Å². The van der Waals surface area contributed by atoms with E-state index in [0.29, 0.717) is 18.8 Å². The van der Waals surface area contributed by atoms with Crippen LogP contribution in [0.2, 0.25) is 0 Å². The van der Waals surface area contributed by atoms with Crippen LogP contribution in [0.3, 0.4) is 0 Å². The highest BCUT2D eigenvalue weighted by molar-refractivity contribution is 5.98. The van der Waals surface area contributed by atoms with Gasteiger partial charge in [0.1, 0.15) is 0 Å². The number of nitrogens with zero attached hydrogens (tertiary/aromatic N) is 1. The SMILES string of the molecule is CC1CC(=O)N(C2CNCCC2C)C(=O)C1. The van der Waals surface area contributed by atoms with Crippen molar-refractivity contribution in [1.82, 2.24) is 10.2 Å². The van der Waals surface area contributed by atoms with Gasteiger partial charge in [-0.05, 0) is 24.8 Å². The van der Waals surface area contributed by atoms with Gasteiger partial charge in [-0.1, -0.05) is 13.8 Å². The van der Waals surface area contributed by atoms with Crippen molar-refractivity contribution >= 4 is 11.8 Å². The molecule has 1 N–H and O–H groups in total. The molecule has 2 aliphatic rings. The van der Waals surface area contributed by atoms with Crippen molar-refractivity contribution in [3.05, 3.63) is 0 Å². The molecule has 0 aromatic rings. The summed E-state index contributed by atoms with van der Waals surface area (Å²) in [5.41, 5.74) is 0. The molecule has 4 heteroatoms. The number of likely N-dealkylation sites (tertiary alicyclic amines) is 1. The molecule has 16 heavy (non-hydrogen) atoms. The van der Waals surface area contributed by atoms with Crippen LogP contribution in [0.4, 0.5) is 0 Å². The summed E-state index contributed by atoms with van der Waals surface area (Å²) in [5, 5.41) is 3.27. The van der Waals surface area contributed by atoms with E-state index in [4.69, 9.17) is 0 Å². The van der Waals surface area contributed by atoms with Crippen LogP contribution in [0.5, 0.6) is 0 Å². The summed E-state index contributed by atoms with van der Waals surface area (Å²) in [6, 6.07) is 0.0706. The zero-order chi connectivity index (χ0) is 11.7. The standard InChI is InChI=1S/C12H20N2O2/c1-8-5-11(15)14(12(16)6-8)10-7-13-4-3-9(10)2/h8-10,13H,3-7H2,1-2H3. The van der Waals surface area contributed by atoms with Crippen LogP contribution in [0, 0.1) is 11.8 Å². The second-order valence-corrected chi connectivity index (χ2v) is 5.21. The topological polar surface area (TPSA) is 49.4 Å². The molecule has 2 saturated heterocycles. The van der Waals surface area contributed by atoms with E-state index in [1.165, 1.54) is 4.90 Å². The third kappa shape index (κ3) is 2.12. The first-order chi connectivity index (χ1) is 7.59. The molecule has 2 atom stereocenters. The molecule has 0 aromatic carbocycles. The number of carbonyl (C=O) groups excluding carboxylic acids is 2. The van der Waals surface area contributed by atoms with Crippen LogP contribution in [0.1, 0.15) is 33.1 Å². The van der Waals surface area contributed by atoms with Crippen LogP contribution < -0.4 is 5.32 Å². The van der Waals surface area contributed by atoms with E-state index in [2.05, 4.69) is 12.2 Å². The monoisotopic (exact) mass is 224 g/mol. The Balaban J connectivity index is 2.12. The van der Waals surface area contributed by atoms with Gasteiger partial charge in [-0.25, -0.2) is 0 Å². The molecule has 2 heterocycles. The largest absolute Gasteiger partial charge is 0.315 e. The third-order valence-electron chi connectivity index (χ3n) is 3.70. The first-order valence-corrected chi connectivity index (χ1v) is 6.15. The van der Waals surface area contributed by atoms with Gasteiger partial charge in [-0.15, -0.1) is 0 Å². The fraction of sp³-hybridized carbons (Fsp3) is 0.833. The zero-order valence-electron chi connectivity index (χ0n) is 10.0. The van der Waals surface area contributed by atoms with Crippen molar-refractivity contribution < 1.29 is 9.59 Å². The third-order valence-corrected chi connectivity index (χ3v) is 3.70. The van der Waals surface area contributed by atoms with Crippen molar-refractivity contribution in [3.8, 4) is 0 Å². The van der Waals surface area contributed by atoms with Gasteiger partial charge in [-0.2, -0.15) is 0 Å². The number of hydrogen-bond donors (Lipinski definition) is 1. The quantitative estimate of drug-likeness (QED) is 0.669. The molecule has 0 saturated carbocycles. The minimum Gasteiger partial charge on any atom is -0.315 e. The van der Waals surface area contributed by atoms with E-state index in [1.807, 2.05) is 6.92 Å². The lowest BCUT2D eigenvalue weighted by molar-refractivity contribution is -0.154. The lowest BCUT2D eigenvalue weighted by Crippen LogP contribution is -2.57. The minimum absolute atomic E-state index is 0.0179. The Morgan fingerprint density at radius 2 is 1.81 bits per heavy atom. The predicted octanol–water partition coefficient (Wildman–Crippen LogP) is 0.769. The van der Waals surface area contributed by atoms with Crippen LogP contribution >= 0.6 is 0 Å². The molecular weight excluding hydrogens is 204 g/mol. The van der Waals surface area contributed by atoms with Gasteiger partial charge in [0.15, 0.2) is 0 Å². The number of piperidine rings is 2. The summed E-state index contributed by atoms with van der Waals surface area (Å²) in [6.45, 7) is 5.84. The van der Waals surface area contributed by atoms with Crippen LogP contribution in [0.15, 0.2) is 0 Å². The van der Waals surface area contributed by atoms with Crippen molar-refractivity contribution in [2.24, 2.45) is 11.8 Å². The Morgan fingerprint density at radius 3 is 2.38 bits per heavy atom. The average Bonchev–Trinajstić information content (AvgIpc) is 2.19. The van der Waals surface area contributed by atoms with Crippen LogP contribution in [0.25, 0.3) is 0 Å². The molecule has 2 rings (SSSR count). The van der Waals surface area contributed by atoms with E-state index in [1.54, 1.807) is 0 Å². The Labute approximate surface area is 96.4 Å². The normalized spacial score (nSPS) is 33.2. The van der Waals surface area contributed by atoms with Gasteiger partial charge >= 0.3 is 0 Å². The molecular formula is C12H20N2O2. The minimum atomic E-state index is 0.0179. The Kier molecular flexibility index (Phi) is 3.28. The molecule has 4 nitrogen and oxygen atoms in total. The fourth-order valence-corrected chi connectivity index (χ4v) is 2.69. The van der Waals surface area contributed by atoms with Crippen LogP contribution in [-0.4, -0.2) is 35.8 Å². The van der Waals surface area contributed by atoms with E-state index in [0.717, 1.165) is 19.5 Å². The number of hydrogen-bond acceptors (Lipinski definition) is 3. The number of imide groups is 1. The zero-order valence-corrected chi connectivity index (χ0v) is 10.0. The number of carbonyl (C=O) groups is 2. The number of rotatable bonds is 1. The van der Waals surface area contributed by atoms with E-state index in [-0.39, 0.29) is 23.8 Å². The second kappa shape index (κ2) is 4.53. The van der Waals surface area contributed by atoms with Gasteiger partial charge in [0.25, 0.3) is 0 Å². The van der Waals surface area contributed by atoms with E-state index in [9.17, 15) is 9.59 Å². The molecule has 2 aliphatic heterocycles. The summed E-state index contributed by atoms with van der Waals surface area (Å²) in [4.78, 5) is 25.4. The second-order valence-electron chi connectivity index (χ2n) is 5.21. The summed E-state index contributed by atoms with van der Waals surface area (Å²) in [6.07, 6.45) is 2.08. The Hall–Kier alpha value is -0.900. The van der Waals surface area contributed by atoms with E-state index < -0.39 is 0 Å². The van der Waals surface area contributed by atoms with E-state index >= 15 is 0 Å². The first-order valence-electron chi connectivity index (χ1n) is 6.15. The summed E-state index contributed by atoms with van der Waals surface area (Å²) < 4.78 is 0. The highest BCUT2D eigenvalue weighted by Crippen LogP contribution is 2.25. The number of amides is 2. The summed E-state index contributed by atoms with van der Waals surface area (Å²) >= 11 is 0. The van der Waals surface area contributed by atoms with Gasteiger partial charge in [0, 0.05) is 19.4 Å². The lowest BCUT2D eigenvalue weighted by atomic mass is 9.89. The molecule has 2 fully saturated rings. The van der Waals surface area contributed by atoms with Crippen LogP contribution in [-0.2, 0) is 9.59 Å². The van der Waals surface area contributed by atoms with Crippen molar-refractivity contribution in [1.29, 1.82) is 0 Å². The predicted molar refractivity (Wildman–Crippen MR) is 60.7 cm³/mol.